The number of carbonyl (C=O) groups excluding carboxylic acids is 2. The molecule has 2 aromatic rings. The van der Waals surface area contributed by atoms with Gasteiger partial charge in [-0.25, -0.2) is 9.78 Å². The number of ether oxygens (including phenoxy) is 1. The number of nitrogens with one attached hydrogen (secondary N) is 1. The SMILES string of the molecule is CC(=O)NC[C@H]1CN(c2ccc3ncoc3c2)C(=O)O1. The summed E-state index contributed by atoms with van der Waals surface area (Å²) < 4.78 is 10.4. The Labute approximate surface area is 114 Å². The summed E-state index contributed by atoms with van der Waals surface area (Å²) in [5, 5.41) is 2.63. The van der Waals surface area contributed by atoms with Crippen LogP contribution in [0.5, 0.6) is 0 Å². The topological polar surface area (TPSA) is 84.7 Å². The maximum absolute atomic E-state index is 11.8. The summed E-state index contributed by atoms with van der Waals surface area (Å²) in [5.41, 5.74) is 2.03. The van der Waals surface area contributed by atoms with Crippen LogP contribution in [0.25, 0.3) is 11.1 Å². The molecule has 0 spiro atoms. The fourth-order valence-electron chi connectivity index (χ4n) is 2.11. The van der Waals surface area contributed by atoms with Crippen LogP contribution in [0.4, 0.5) is 10.5 Å². The molecule has 1 fully saturated rings. The van der Waals surface area contributed by atoms with Crippen molar-refractivity contribution in [1.29, 1.82) is 0 Å². The molecule has 1 atom stereocenters. The monoisotopic (exact) mass is 275 g/mol. The molecule has 20 heavy (non-hydrogen) atoms. The predicted molar refractivity (Wildman–Crippen MR) is 70.3 cm³/mol. The molecule has 1 aliphatic heterocycles. The van der Waals surface area contributed by atoms with E-state index in [1.54, 1.807) is 18.2 Å². The number of nitrogens with zero attached hydrogens (tertiary/aromatic N) is 2. The highest BCUT2D eigenvalue weighted by atomic mass is 16.6. The molecule has 0 saturated carbocycles. The maximum atomic E-state index is 11.8. The Morgan fingerprint density at radius 3 is 3.20 bits per heavy atom. The molecule has 1 aromatic heterocycles. The second-order valence-electron chi connectivity index (χ2n) is 4.56. The Morgan fingerprint density at radius 1 is 1.55 bits per heavy atom. The van der Waals surface area contributed by atoms with Crippen molar-refractivity contribution in [2.24, 2.45) is 0 Å². The molecule has 1 N–H and O–H groups in total. The fourth-order valence-corrected chi connectivity index (χ4v) is 2.11. The summed E-state index contributed by atoms with van der Waals surface area (Å²) in [6.07, 6.45) is 0.576. The highest BCUT2D eigenvalue weighted by molar-refractivity contribution is 5.92. The molecule has 0 bridgehead atoms. The Hall–Kier alpha value is -2.57. The van der Waals surface area contributed by atoms with Crippen LogP contribution < -0.4 is 10.2 Å². The summed E-state index contributed by atoms with van der Waals surface area (Å²) in [6, 6.07) is 5.31. The van der Waals surface area contributed by atoms with E-state index >= 15 is 0 Å². The number of hydrogen-bond donors (Lipinski definition) is 1. The number of amides is 2. The van der Waals surface area contributed by atoms with E-state index in [1.807, 2.05) is 0 Å². The Morgan fingerprint density at radius 2 is 2.40 bits per heavy atom. The number of hydrogen-bond acceptors (Lipinski definition) is 5. The van der Waals surface area contributed by atoms with E-state index in [1.165, 1.54) is 18.2 Å². The van der Waals surface area contributed by atoms with Crippen molar-refractivity contribution in [3.8, 4) is 0 Å². The highest BCUT2D eigenvalue weighted by Gasteiger charge is 2.32. The van der Waals surface area contributed by atoms with Gasteiger partial charge in [-0.2, -0.15) is 0 Å². The average molecular weight is 275 g/mol. The van der Waals surface area contributed by atoms with Crippen molar-refractivity contribution in [3.63, 3.8) is 0 Å². The van der Waals surface area contributed by atoms with Crippen molar-refractivity contribution in [1.82, 2.24) is 10.3 Å². The van der Waals surface area contributed by atoms with Crippen LogP contribution in [0.3, 0.4) is 0 Å². The number of aromatic nitrogens is 1. The minimum absolute atomic E-state index is 0.150. The van der Waals surface area contributed by atoms with E-state index in [9.17, 15) is 9.59 Å². The van der Waals surface area contributed by atoms with Crippen molar-refractivity contribution in [2.45, 2.75) is 13.0 Å². The minimum atomic E-state index is -0.431. The van der Waals surface area contributed by atoms with Gasteiger partial charge in [0.15, 0.2) is 12.0 Å². The lowest BCUT2D eigenvalue weighted by molar-refractivity contribution is -0.119. The van der Waals surface area contributed by atoms with Gasteiger partial charge in [0.25, 0.3) is 0 Å². The van der Waals surface area contributed by atoms with E-state index < -0.39 is 6.09 Å². The lowest BCUT2D eigenvalue weighted by atomic mass is 10.2. The molecule has 104 valence electrons. The van der Waals surface area contributed by atoms with E-state index in [2.05, 4.69) is 10.3 Å². The summed E-state index contributed by atoms with van der Waals surface area (Å²) >= 11 is 0. The highest BCUT2D eigenvalue weighted by Crippen LogP contribution is 2.25. The van der Waals surface area contributed by atoms with Gasteiger partial charge in [-0.05, 0) is 12.1 Å². The first-order valence-electron chi connectivity index (χ1n) is 6.19. The van der Waals surface area contributed by atoms with Crippen LogP contribution in [0.1, 0.15) is 6.92 Å². The van der Waals surface area contributed by atoms with Crippen LogP contribution in [0.15, 0.2) is 29.0 Å². The smallest absolute Gasteiger partial charge is 0.414 e. The second-order valence-corrected chi connectivity index (χ2v) is 4.56. The van der Waals surface area contributed by atoms with Crippen LogP contribution in [-0.4, -0.2) is 36.2 Å². The zero-order valence-corrected chi connectivity index (χ0v) is 10.8. The van der Waals surface area contributed by atoms with Crippen LogP contribution in [0.2, 0.25) is 0 Å². The average Bonchev–Trinajstić information content (AvgIpc) is 3.01. The quantitative estimate of drug-likeness (QED) is 0.912. The number of benzene rings is 1. The Kier molecular flexibility index (Phi) is 3.02. The normalized spacial score (nSPS) is 18.4. The molecule has 0 aliphatic carbocycles. The van der Waals surface area contributed by atoms with Gasteiger partial charge in [-0.15, -0.1) is 0 Å². The molecular weight excluding hydrogens is 262 g/mol. The van der Waals surface area contributed by atoms with Gasteiger partial charge in [-0.3, -0.25) is 9.69 Å². The van der Waals surface area contributed by atoms with Crippen molar-refractivity contribution in [2.75, 3.05) is 18.0 Å². The summed E-state index contributed by atoms with van der Waals surface area (Å²) in [5.74, 6) is -0.150. The number of fused-ring (bicyclic) bond motifs is 1. The first kappa shape index (κ1) is 12.5. The molecule has 2 amide bonds. The first-order chi connectivity index (χ1) is 9.63. The van der Waals surface area contributed by atoms with Gasteiger partial charge in [0.05, 0.1) is 18.8 Å². The summed E-state index contributed by atoms with van der Waals surface area (Å²) in [7, 11) is 0. The Balaban J connectivity index is 1.76. The third kappa shape index (κ3) is 2.29. The molecule has 2 heterocycles. The zero-order valence-electron chi connectivity index (χ0n) is 10.8. The first-order valence-corrected chi connectivity index (χ1v) is 6.19. The molecule has 7 heteroatoms. The lowest BCUT2D eigenvalue weighted by Gasteiger charge is -2.12. The van der Waals surface area contributed by atoms with Gasteiger partial charge >= 0.3 is 6.09 Å². The zero-order chi connectivity index (χ0) is 14.1. The third-order valence-corrected chi connectivity index (χ3v) is 3.08. The van der Waals surface area contributed by atoms with Gasteiger partial charge in [0.2, 0.25) is 5.91 Å². The van der Waals surface area contributed by atoms with Gasteiger partial charge in [0, 0.05) is 13.0 Å². The van der Waals surface area contributed by atoms with E-state index in [4.69, 9.17) is 9.15 Å². The fraction of sp³-hybridized carbons (Fsp3) is 0.308. The maximum Gasteiger partial charge on any atom is 0.414 e. The minimum Gasteiger partial charge on any atom is -0.443 e. The number of carbonyl (C=O) groups is 2. The van der Waals surface area contributed by atoms with Gasteiger partial charge in [0.1, 0.15) is 11.6 Å². The van der Waals surface area contributed by atoms with E-state index in [-0.39, 0.29) is 12.0 Å². The van der Waals surface area contributed by atoms with Crippen LogP contribution >= 0.6 is 0 Å². The molecule has 1 aromatic carbocycles. The number of anilines is 1. The standard InChI is InChI=1S/C13H13N3O4/c1-8(17)14-5-10-6-16(13(18)20-10)9-2-3-11-12(4-9)19-7-15-11/h2-4,7,10H,5-6H2,1H3,(H,14,17)/t10-/m0/s1. The number of rotatable bonds is 3. The van der Waals surface area contributed by atoms with Gasteiger partial charge < -0.3 is 14.5 Å². The molecule has 1 aliphatic rings. The van der Waals surface area contributed by atoms with E-state index in [0.29, 0.717) is 24.4 Å². The third-order valence-electron chi connectivity index (χ3n) is 3.08. The second kappa shape index (κ2) is 4.84. The van der Waals surface area contributed by atoms with Gasteiger partial charge in [-0.1, -0.05) is 0 Å². The molecule has 7 nitrogen and oxygen atoms in total. The summed E-state index contributed by atoms with van der Waals surface area (Å²) in [6.45, 7) is 2.12. The van der Waals surface area contributed by atoms with E-state index in [0.717, 1.165) is 5.52 Å². The van der Waals surface area contributed by atoms with Crippen molar-refractivity contribution in [3.05, 3.63) is 24.6 Å². The molecule has 1 saturated heterocycles. The van der Waals surface area contributed by atoms with Crippen LogP contribution in [-0.2, 0) is 9.53 Å². The van der Waals surface area contributed by atoms with Crippen molar-refractivity contribution < 1.29 is 18.7 Å². The lowest BCUT2D eigenvalue weighted by Crippen LogP contribution is -2.33. The molecule has 0 radical (unpaired) electrons. The van der Waals surface area contributed by atoms with Crippen molar-refractivity contribution >= 4 is 28.8 Å². The largest absolute Gasteiger partial charge is 0.443 e. The molecule has 3 rings (SSSR count). The predicted octanol–water partition coefficient (Wildman–Crippen LogP) is 1.29. The molecule has 0 unspecified atom stereocenters. The molecular formula is C13H13N3O4. The Bertz CT molecular complexity index is 666. The number of oxazole rings is 1. The summed E-state index contributed by atoms with van der Waals surface area (Å²) in [4.78, 5) is 28.2. The number of cyclic esters (lactones) is 1. The van der Waals surface area contributed by atoms with Crippen LogP contribution in [0, 0.1) is 0 Å².